The van der Waals surface area contributed by atoms with E-state index in [4.69, 9.17) is 0 Å². The van der Waals surface area contributed by atoms with Gasteiger partial charge >= 0.3 is 0 Å². The molecule has 31 heavy (non-hydrogen) atoms. The van der Waals surface area contributed by atoms with Gasteiger partial charge in [-0.25, -0.2) is 9.49 Å². The fourth-order valence-electron chi connectivity index (χ4n) is 3.99. The second-order valence-corrected chi connectivity index (χ2v) is 7.48. The fraction of sp³-hybridized carbons (Fsp3) is 0.136. The van der Waals surface area contributed by atoms with Crippen molar-refractivity contribution < 1.29 is 19.4 Å². The number of hydrogen-bond donors (Lipinski definition) is 4. The van der Waals surface area contributed by atoms with E-state index in [1.54, 1.807) is 30.3 Å². The molecule has 9 heteroatoms. The molecule has 1 aliphatic rings. The van der Waals surface area contributed by atoms with E-state index in [0.717, 1.165) is 0 Å². The van der Waals surface area contributed by atoms with Gasteiger partial charge in [0, 0.05) is 22.9 Å². The monoisotopic (exact) mass is 420 g/mol. The standard InChI is InChI=1S/C22H17FN4O4/c23-17-6-5-11(8-18-12-3-1-2-4-13(12)21(30)26-25-18)7-14(17)22(31)27-9-15-16(10-27)20(29)24-19(15)28/h1-7,24,28-29H,8-10H2,(H,26,30). The van der Waals surface area contributed by atoms with Crippen LogP contribution in [0.4, 0.5) is 4.39 Å². The maximum Gasteiger partial charge on any atom is 0.272 e. The van der Waals surface area contributed by atoms with Crippen LogP contribution < -0.4 is 5.56 Å². The Hall–Kier alpha value is -4.14. The number of carbonyl (C=O) groups excluding carboxylic acids is 1. The zero-order valence-electron chi connectivity index (χ0n) is 16.1. The molecule has 1 aliphatic heterocycles. The largest absolute Gasteiger partial charge is 0.494 e. The summed E-state index contributed by atoms with van der Waals surface area (Å²) in [5.74, 6) is -1.62. The van der Waals surface area contributed by atoms with Gasteiger partial charge in [0.15, 0.2) is 11.8 Å². The molecule has 5 rings (SSSR count). The predicted octanol–water partition coefficient (Wildman–Crippen LogP) is 2.55. The Morgan fingerprint density at radius 1 is 1.06 bits per heavy atom. The molecule has 0 bridgehead atoms. The van der Waals surface area contributed by atoms with Gasteiger partial charge in [-0.2, -0.15) is 5.10 Å². The van der Waals surface area contributed by atoms with Gasteiger partial charge in [-0.1, -0.05) is 24.3 Å². The van der Waals surface area contributed by atoms with Crippen LogP contribution in [0.5, 0.6) is 11.8 Å². The average Bonchev–Trinajstić information content (AvgIpc) is 3.32. The Balaban J connectivity index is 1.45. The van der Waals surface area contributed by atoms with Gasteiger partial charge in [-0.15, -0.1) is 0 Å². The molecule has 2 aromatic heterocycles. The highest BCUT2D eigenvalue weighted by atomic mass is 19.1. The van der Waals surface area contributed by atoms with E-state index in [1.165, 1.54) is 17.0 Å². The molecule has 0 aliphatic carbocycles. The highest BCUT2D eigenvalue weighted by molar-refractivity contribution is 5.95. The molecule has 0 radical (unpaired) electrons. The molecule has 0 fully saturated rings. The van der Waals surface area contributed by atoms with Crippen molar-refractivity contribution in [3.63, 3.8) is 0 Å². The van der Waals surface area contributed by atoms with Gasteiger partial charge in [0.2, 0.25) is 0 Å². The molecule has 2 aromatic carbocycles. The maximum absolute atomic E-state index is 14.5. The summed E-state index contributed by atoms with van der Waals surface area (Å²) in [5, 5.41) is 27.5. The Labute approximate surface area is 174 Å². The summed E-state index contributed by atoms with van der Waals surface area (Å²) >= 11 is 0. The maximum atomic E-state index is 14.5. The summed E-state index contributed by atoms with van der Waals surface area (Å²) in [6.07, 6.45) is 0.291. The van der Waals surface area contributed by atoms with Crippen LogP contribution in [0.1, 0.15) is 32.7 Å². The SMILES string of the molecule is O=C(c1cc(Cc2n[nH]c(=O)c3ccccc23)ccc1F)N1Cc2c(O)[nH]c(O)c2C1. The van der Waals surface area contributed by atoms with Crippen LogP contribution in [0.2, 0.25) is 0 Å². The summed E-state index contributed by atoms with van der Waals surface area (Å²) < 4.78 is 14.5. The number of halogens is 1. The molecule has 0 saturated heterocycles. The van der Waals surface area contributed by atoms with Crippen LogP contribution in [0.3, 0.4) is 0 Å². The molecule has 0 spiro atoms. The van der Waals surface area contributed by atoms with Gasteiger partial charge in [-0.05, 0) is 23.8 Å². The lowest BCUT2D eigenvalue weighted by molar-refractivity contribution is 0.0745. The first kappa shape index (κ1) is 18.9. The third-order valence-corrected chi connectivity index (χ3v) is 5.57. The highest BCUT2D eigenvalue weighted by Crippen LogP contribution is 2.37. The first-order valence-corrected chi connectivity index (χ1v) is 9.58. The van der Waals surface area contributed by atoms with Gasteiger partial charge in [0.1, 0.15) is 5.82 Å². The topological polar surface area (TPSA) is 122 Å². The molecule has 3 heterocycles. The van der Waals surface area contributed by atoms with E-state index in [0.29, 0.717) is 39.6 Å². The molecule has 0 atom stereocenters. The third kappa shape index (κ3) is 3.10. The van der Waals surface area contributed by atoms with Gasteiger partial charge in [-0.3, -0.25) is 14.6 Å². The number of hydrogen-bond acceptors (Lipinski definition) is 5. The summed E-state index contributed by atoms with van der Waals surface area (Å²) in [4.78, 5) is 28.7. The van der Waals surface area contributed by atoms with Gasteiger partial charge in [0.05, 0.1) is 29.7 Å². The van der Waals surface area contributed by atoms with Crippen LogP contribution in [0.15, 0.2) is 47.3 Å². The molecule has 0 unspecified atom stereocenters. The van der Waals surface area contributed by atoms with E-state index in [2.05, 4.69) is 15.2 Å². The van der Waals surface area contributed by atoms with Crippen molar-refractivity contribution in [2.24, 2.45) is 0 Å². The number of nitrogens with one attached hydrogen (secondary N) is 2. The van der Waals surface area contributed by atoms with Crippen molar-refractivity contribution in [1.82, 2.24) is 20.1 Å². The van der Waals surface area contributed by atoms with Gasteiger partial charge in [0.25, 0.3) is 11.5 Å². The number of aromatic hydroxyl groups is 2. The summed E-state index contributed by atoms with van der Waals surface area (Å²) in [7, 11) is 0. The van der Waals surface area contributed by atoms with Crippen molar-refractivity contribution in [3.8, 4) is 11.8 Å². The van der Waals surface area contributed by atoms with Crippen molar-refractivity contribution >= 4 is 16.7 Å². The summed E-state index contributed by atoms with van der Waals surface area (Å²) in [6, 6.07) is 11.3. The molecule has 156 valence electrons. The summed E-state index contributed by atoms with van der Waals surface area (Å²) in [5.41, 5.74) is 1.70. The minimum absolute atomic E-state index is 0.0623. The molecule has 8 nitrogen and oxygen atoms in total. The average molecular weight is 420 g/mol. The van der Waals surface area contributed by atoms with E-state index < -0.39 is 11.7 Å². The van der Waals surface area contributed by atoms with Crippen LogP contribution in [-0.2, 0) is 19.5 Å². The molecule has 4 N–H and O–H groups in total. The van der Waals surface area contributed by atoms with Crippen LogP contribution in [-0.4, -0.2) is 36.2 Å². The Morgan fingerprint density at radius 3 is 2.45 bits per heavy atom. The van der Waals surface area contributed by atoms with Crippen LogP contribution in [0.25, 0.3) is 10.8 Å². The van der Waals surface area contributed by atoms with Crippen LogP contribution in [0, 0.1) is 5.82 Å². The number of H-pyrrole nitrogens is 2. The Bertz CT molecular complexity index is 1380. The number of fused-ring (bicyclic) bond motifs is 2. The minimum atomic E-state index is -0.667. The number of rotatable bonds is 3. The molecule has 1 amide bonds. The van der Waals surface area contributed by atoms with Crippen molar-refractivity contribution in [1.29, 1.82) is 0 Å². The second-order valence-electron chi connectivity index (χ2n) is 7.48. The zero-order chi connectivity index (χ0) is 21.7. The number of benzene rings is 2. The lowest BCUT2D eigenvalue weighted by Gasteiger charge is -2.17. The van der Waals surface area contributed by atoms with Crippen molar-refractivity contribution in [2.45, 2.75) is 19.5 Å². The van der Waals surface area contributed by atoms with Crippen molar-refractivity contribution in [3.05, 3.63) is 86.6 Å². The van der Waals surface area contributed by atoms with Crippen molar-refractivity contribution in [2.75, 3.05) is 0 Å². The normalized spacial score (nSPS) is 13.0. The quantitative estimate of drug-likeness (QED) is 0.406. The number of aromatic nitrogens is 3. The zero-order valence-corrected chi connectivity index (χ0v) is 16.1. The smallest absolute Gasteiger partial charge is 0.272 e. The first-order chi connectivity index (χ1) is 14.9. The molecular formula is C22H17FN4O4. The fourth-order valence-corrected chi connectivity index (χ4v) is 3.99. The van der Waals surface area contributed by atoms with E-state index in [1.807, 2.05) is 0 Å². The lowest BCUT2D eigenvalue weighted by atomic mass is 10.0. The number of carbonyl (C=O) groups is 1. The highest BCUT2D eigenvalue weighted by Gasteiger charge is 2.32. The van der Waals surface area contributed by atoms with E-state index in [-0.39, 0.29) is 36.0 Å². The minimum Gasteiger partial charge on any atom is -0.494 e. The number of nitrogens with zero attached hydrogens (tertiary/aromatic N) is 2. The van der Waals surface area contributed by atoms with Gasteiger partial charge < -0.3 is 15.1 Å². The lowest BCUT2D eigenvalue weighted by Crippen LogP contribution is -2.26. The molecule has 0 saturated carbocycles. The second kappa shape index (κ2) is 6.98. The third-order valence-electron chi connectivity index (χ3n) is 5.57. The van der Waals surface area contributed by atoms with Crippen LogP contribution >= 0.6 is 0 Å². The molecule has 4 aromatic rings. The number of amides is 1. The molecular weight excluding hydrogens is 403 g/mol. The Kier molecular flexibility index (Phi) is 4.25. The predicted molar refractivity (Wildman–Crippen MR) is 109 cm³/mol. The summed E-state index contributed by atoms with van der Waals surface area (Å²) in [6.45, 7) is 0.125. The number of aromatic amines is 2. The first-order valence-electron chi connectivity index (χ1n) is 9.58. The Morgan fingerprint density at radius 2 is 1.74 bits per heavy atom. The van der Waals surface area contributed by atoms with E-state index >= 15 is 0 Å². The van der Waals surface area contributed by atoms with E-state index in [9.17, 15) is 24.2 Å².